The van der Waals surface area contributed by atoms with Crippen LogP contribution in [0.15, 0.2) is 46.1 Å². The Bertz CT molecular complexity index is 1160. The van der Waals surface area contributed by atoms with E-state index < -0.39 is 10.0 Å². The minimum atomic E-state index is -3.68. The highest BCUT2D eigenvalue weighted by Gasteiger charge is 2.17. The van der Waals surface area contributed by atoms with Crippen molar-refractivity contribution in [2.45, 2.75) is 25.2 Å². The first kappa shape index (κ1) is 18.9. The van der Waals surface area contributed by atoms with E-state index in [0.717, 1.165) is 5.56 Å². The molecule has 0 fully saturated rings. The van der Waals surface area contributed by atoms with Gasteiger partial charge in [-0.25, -0.2) is 17.9 Å². The number of aromatic nitrogens is 2. The highest BCUT2D eigenvalue weighted by atomic mass is 32.2. The van der Waals surface area contributed by atoms with Crippen LogP contribution in [0.5, 0.6) is 0 Å². The van der Waals surface area contributed by atoms with Crippen molar-refractivity contribution in [3.63, 3.8) is 0 Å². The number of hydrogen-bond acceptors (Lipinski definition) is 4. The molecule has 0 aliphatic heterocycles. The van der Waals surface area contributed by atoms with E-state index in [-0.39, 0.29) is 29.5 Å². The Hall–Kier alpha value is -2.91. The van der Waals surface area contributed by atoms with Gasteiger partial charge in [-0.3, -0.25) is 4.79 Å². The molecule has 142 valence electrons. The molecule has 27 heavy (non-hydrogen) atoms. The van der Waals surface area contributed by atoms with Crippen LogP contribution in [0.2, 0.25) is 0 Å². The zero-order chi connectivity index (χ0) is 19.6. The molecule has 1 amide bonds. The Balaban J connectivity index is 1.59. The summed E-state index contributed by atoms with van der Waals surface area (Å²) in [6.07, 6.45) is -0.0220. The molecule has 0 saturated carbocycles. The lowest BCUT2D eigenvalue weighted by Gasteiger charge is -2.10. The molecule has 0 radical (unpaired) electrons. The average Bonchev–Trinajstić information content (AvgIpc) is 2.96. The van der Waals surface area contributed by atoms with E-state index in [1.165, 1.54) is 0 Å². The molecule has 2 aromatic carbocycles. The van der Waals surface area contributed by atoms with Crippen molar-refractivity contribution in [3.05, 3.63) is 58.0 Å². The monoisotopic (exact) mass is 388 g/mol. The minimum absolute atomic E-state index is 0.0220. The normalized spacial score (nSPS) is 11.6. The first-order valence-corrected chi connectivity index (χ1v) is 9.82. The fourth-order valence-corrected chi connectivity index (χ4v) is 4.07. The first-order valence-electron chi connectivity index (χ1n) is 8.33. The number of amides is 1. The summed E-state index contributed by atoms with van der Waals surface area (Å²) in [5.41, 5.74) is 2.89. The molecule has 3 aromatic rings. The zero-order valence-corrected chi connectivity index (χ0v) is 15.7. The largest absolute Gasteiger partial charge is 0.326 e. The average molecular weight is 388 g/mol. The van der Waals surface area contributed by atoms with Crippen LogP contribution in [0, 0.1) is 13.8 Å². The van der Waals surface area contributed by atoms with Gasteiger partial charge in [-0.1, -0.05) is 12.1 Å². The van der Waals surface area contributed by atoms with Crippen LogP contribution in [0.3, 0.4) is 0 Å². The van der Waals surface area contributed by atoms with E-state index in [2.05, 4.69) is 20.0 Å². The van der Waals surface area contributed by atoms with Gasteiger partial charge in [0.15, 0.2) is 0 Å². The summed E-state index contributed by atoms with van der Waals surface area (Å²) in [4.78, 5) is 28.8. The number of imidazole rings is 1. The van der Waals surface area contributed by atoms with Gasteiger partial charge in [-0.05, 0) is 49.2 Å². The van der Waals surface area contributed by atoms with Gasteiger partial charge in [0, 0.05) is 18.7 Å². The Morgan fingerprint density at radius 3 is 2.56 bits per heavy atom. The maximum Gasteiger partial charge on any atom is 0.323 e. The maximum absolute atomic E-state index is 12.4. The Kier molecular flexibility index (Phi) is 5.15. The van der Waals surface area contributed by atoms with Crippen LogP contribution in [0.25, 0.3) is 11.0 Å². The van der Waals surface area contributed by atoms with E-state index in [1.54, 1.807) is 37.3 Å². The molecule has 1 heterocycles. The molecule has 4 N–H and O–H groups in total. The summed E-state index contributed by atoms with van der Waals surface area (Å²) in [6.45, 7) is 3.52. The standard InChI is InChI=1S/C18H20N4O4S/c1-11-3-4-12(2)16(9-11)27(25,26)19-8-7-17(23)20-13-5-6-14-15(10-13)22-18(24)21-14/h3-6,9-10,19H,7-8H2,1-2H3,(H,20,23)(H2,21,22,24). The quantitative estimate of drug-likeness (QED) is 0.514. The number of hydrogen-bond donors (Lipinski definition) is 4. The lowest BCUT2D eigenvalue weighted by molar-refractivity contribution is -0.116. The third-order valence-corrected chi connectivity index (χ3v) is 5.68. The molecule has 9 heteroatoms. The third kappa shape index (κ3) is 4.44. The van der Waals surface area contributed by atoms with Gasteiger partial charge in [0.05, 0.1) is 15.9 Å². The lowest BCUT2D eigenvalue weighted by Crippen LogP contribution is -2.28. The topological polar surface area (TPSA) is 124 Å². The van der Waals surface area contributed by atoms with E-state index in [0.29, 0.717) is 22.3 Å². The van der Waals surface area contributed by atoms with Crippen molar-refractivity contribution >= 4 is 32.7 Å². The van der Waals surface area contributed by atoms with Crippen molar-refractivity contribution in [1.29, 1.82) is 0 Å². The van der Waals surface area contributed by atoms with Crippen LogP contribution in [0.1, 0.15) is 17.5 Å². The molecular formula is C18H20N4O4S. The van der Waals surface area contributed by atoms with Crippen LogP contribution in [-0.4, -0.2) is 30.8 Å². The molecule has 8 nitrogen and oxygen atoms in total. The van der Waals surface area contributed by atoms with Crippen molar-refractivity contribution in [1.82, 2.24) is 14.7 Å². The number of aryl methyl sites for hydroxylation is 2. The van der Waals surface area contributed by atoms with Gasteiger partial charge in [-0.2, -0.15) is 0 Å². The van der Waals surface area contributed by atoms with E-state index in [4.69, 9.17) is 0 Å². The summed E-state index contributed by atoms with van der Waals surface area (Å²) in [7, 11) is -3.68. The highest BCUT2D eigenvalue weighted by molar-refractivity contribution is 7.89. The van der Waals surface area contributed by atoms with Crippen LogP contribution < -0.4 is 15.7 Å². The second-order valence-electron chi connectivity index (χ2n) is 6.30. The van der Waals surface area contributed by atoms with Crippen LogP contribution in [-0.2, 0) is 14.8 Å². The van der Waals surface area contributed by atoms with Crippen molar-refractivity contribution < 1.29 is 13.2 Å². The van der Waals surface area contributed by atoms with Crippen LogP contribution >= 0.6 is 0 Å². The third-order valence-electron chi connectivity index (χ3n) is 4.08. The second kappa shape index (κ2) is 7.37. The van der Waals surface area contributed by atoms with Gasteiger partial charge in [0.25, 0.3) is 0 Å². The SMILES string of the molecule is Cc1ccc(C)c(S(=O)(=O)NCCC(=O)Nc2ccc3[nH]c(=O)[nH]c3c2)c1. The van der Waals surface area contributed by atoms with Gasteiger partial charge in [0.1, 0.15) is 0 Å². The molecular weight excluding hydrogens is 368 g/mol. The number of rotatable bonds is 6. The maximum atomic E-state index is 12.4. The highest BCUT2D eigenvalue weighted by Crippen LogP contribution is 2.17. The summed E-state index contributed by atoms with van der Waals surface area (Å²) in [6, 6.07) is 10.2. The molecule has 0 aliphatic carbocycles. The molecule has 1 aromatic heterocycles. The van der Waals surface area contributed by atoms with E-state index in [9.17, 15) is 18.0 Å². The Morgan fingerprint density at radius 2 is 1.78 bits per heavy atom. The number of sulfonamides is 1. The van der Waals surface area contributed by atoms with E-state index in [1.807, 2.05) is 13.0 Å². The van der Waals surface area contributed by atoms with Gasteiger partial charge < -0.3 is 15.3 Å². The smallest absolute Gasteiger partial charge is 0.323 e. The number of aromatic amines is 2. The molecule has 0 atom stereocenters. The zero-order valence-electron chi connectivity index (χ0n) is 14.9. The molecule has 0 bridgehead atoms. The van der Waals surface area contributed by atoms with E-state index >= 15 is 0 Å². The van der Waals surface area contributed by atoms with Crippen LogP contribution in [0.4, 0.5) is 5.69 Å². The summed E-state index contributed by atoms with van der Waals surface area (Å²) < 4.78 is 27.3. The van der Waals surface area contributed by atoms with Gasteiger partial charge in [0.2, 0.25) is 15.9 Å². The van der Waals surface area contributed by atoms with Crippen molar-refractivity contribution in [2.75, 3.05) is 11.9 Å². The molecule has 0 aliphatic rings. The molecule has 0 unspecified atom stereocenters. The minimum Gasteiger partial charge on any atom is -0.326 e. The van der Waals surface area contributed by atoms with Crippen molar-refractivity contribution in [2.24, 2.45) is 0 Å². The van der Waals surface area contributed by atoms with Gasteiger partial charge >= 0.3 is 5.69 Å². The summed E-state index contributed by atoms with van der Waals surface area (Å²) in [5, 5.41) is 2.68. The number of carbonyl (C=O) groups is 1. The second-order valence-corrected chi connectivity index (χ2v) is 8.04. The summed E-state index contributed by atoms with van der Waals surface area (Å²) >= 11 is 0. The van der Waals surface area contributed by atoms with Crippen molar-refractivity contribution in [3.8, 4) is 0 Å². The number of H-pyrrole nitrogens is 2. The number of fused-ring (bicyclic) bond motifs is 1. The molecule has 0 saturated heterocycles. The Labute approximate surface area is 156 Å². The number of nitrogens with one attached hydrogen (secondary N) is 4. The Morgan fingerprint density at radius 1 is 1.04 bits per heavy atom. The number of benzene rings is 2. The molecule has 0 spiro atoms. The number of anilines is 1. The fraction of sp³-hybridized carbons (Fsp3) is 0.222. The molecule has 3 rings (SSSR count). The fourth-order valence-electron chi connectivity index (χ4n) is 2.71. The summed E-state index contributed by atoms with van der Waals surface area (Å²) in [5.74, 6) is -0.337. The predicted octanol–water partition coefficient (Wildman–Crippen LogP) is 1.78. The first-order chi connectivity index (χ1) is 12.7. The predicted molar refractivity (Wildman–Crippen MR) is 103 cm³/mol. The lowest BCUT2D eigenvalue weighted by atomic mass is 10.2. The number of carbonyl (C=O) groups excluding carboxylic acids is 1. The van der Waals surface area contributed by atoms with Gasteiger partial charge in [-0.15, -0.1) is 0 Å².